The van der Waals surface area contributed by atoms with Gasteiger partial charge in [0.05, 0.1) is 6.42 Å². The van der Waals surface area contributed by atoms with Crippen LogP contribution >= 0.6 is 22.7 Å². The van der Waals surface area contributed by atoms with Crippen LogP contribution in [0.3, 0.4) is 0 Å². The molecule has 1 amide bonds. The molecule has 204 valence electrons. The molecule has 5 rings (SSSR count). The van der Waals surface area contributed by atoms with Gasteiger partial charge in [-0.3, -0.25) is 14.8 Å². The third kappa shape index (κ3) is 7.38. The maximum absolute atomic E-state index is 12.5. The van der Waals surface area contributed by atoms with Crippen molar-refractivity contribution in [2.24, 2.45) is 11.5 Å². The summed E-state index contributed by atoms with van der Waals surface area (Å²) in [4.78, 5) is 21.2. The number of carbonyl (C=O) groups excluding carboxylic acids is 1. The van der Waals surface area contributed by atoms with Gasteiger partial charge in [0.1, 0.15) is 10.0 Å². The summed E-state index contributed by atoms with van der Waals surface area (Å²) in [6, 6.07) is 7.73. The van der Waals surface area contributed by atoms with Crippen LogP contribution < -0.4 is 22.1 Å². The first-order valence-corrected chi connectivity index (χ1v) is 14.7. The van der Waals surface area contributed by atoms with Gasteiger partial charge in [-0.05, 0) is 42.5 Å². The smallest absolute Gasteiger partial charge is 0.232 e. The van der Waals surface area contributed by atoms with Crippen molar-refractivity contribution in [1.29, 1.82) is 0 Å². The molecule has 11 nitrogen and oxygen atoms in total. The van der Waals surface area contributed by atoms with Crippen molar-refractivity contribution in [2.45, 2.75) is 63.5 Å². The molecule has 2 atom stereocenters. The third-order valence-electron chi connectivity index (χ3n) is 6.74. The number of rotatable bonds is 11. The second kappa shape index (κ2) is 13.1. The predicted octanol–water partition coefficient (Wildman–Crippen LogP) is 3.37. The monoisotopic (exact) mass is 564 g/mol. The molecule has 4 aromatic heterocycles. The van der Waals surface area contributed by atoms with E-state index < -0.39 is 0 Å². The van der Waals surface area contributed by atoms with Crippen LogP contribution in [-0.2, 0) is 30.7 Å². The number of aromatic nitrogens is 6. The van der Waals surface area contributed by atoms with Gasteiger partial charge in [-0.2, -0.15) is 0 Å². The van der Waals surface area contributed by atoms with Crippen molar-refractivity contribution in [3.8, 4) is 0 Å². The van der Waals surface area contributed by atoms with E-state index in [2.05, 4.69) is 41.0 Å². The van der Waals surface area contributed by atoms with E-state index in [0.29, 0.717) is 35.8 Å². The summed E-state index contributed by atoms with van der Waals surface area (Å²) >= 11 is 3.07. The summed E-state index contributed by atoms with van der Waals surface area (Å²) in [7, 11) is 0. The minimum Gasteiger partial charge on any atom is -0.360 e. The van der Waals surface area contributed by atoms with Crippen molar-refractivity contribution < 1.29 is 4.79 Å². The predicted molar refractivity (Wildman–Crippen MR) is 153 cm³/mol. The van der Waals surface area contributed by atoms with Crippen LogP contribution in [-0.4, -0.2) is 42.8 Å². The summed E-state index contributed by atoms with van der Waals surface area (Å²) in [6.45, 7) is 1.67. The Hall–Kier alpha value is -3.39. The van der Waals surface area contributed by atoms with Gasteiger partial charge >= 0.3 is 0 Å². The molecule has 4 aromatic rings. The van der Waals surface area contributed by atoms with E-state index >= 15 is 0 Å². The van der Waals surface area contributed by atoms with Crippen LogP contribution in [0.2, 0.25) is 0 Å². The lowest BCUT2D eigenvalue weighted by atomic mass is 9.82. The molecule has 0 saturated heterocycles. The van der Waals surface area contributed by atoms with Gasteiger partial charge in [0, 0.05) is 61.7 Å². The molecule has 1 aliphatic carbocycles. The molecule has 0 aromatic carbocycles. The van der Waals surface area contributed by atoms with E-state index in [4.69, 9.17) is 11.5 Å². The molecule has 0 radical (unpaired) electrons. The Morgan fingerprint density at radius 2 is 1.46 bits per heavy atom. The van der Waals surface area contributed by atoms with Crippen LogP contribution in [0, 0.1) is 0 Å². The van der Waals surface area contributed by atoms with E-state index in [0.717, 1.165) is 70.6 Å². The summed E-state index contributed by atoms with van der Waals surface area (Å²) in [5, 5.41) is 27.1. The fourth-order valence-corrected chi connectivity index (χ4v) is 6.41. The molecule has 39 heavy (non-hydrogen) atoms. The number of nitrogens with one attached hydrogen (secondary N) is 2. The lowest BCUT2D eigenvalue weighted by Crippen LogP contribution is -2.15. The summed E-state index contributed by atoms with van der Waals surface area (Å²) in [5.41, 5.74) is 14.9. The number of carbonyl (C=O) groups is 1. The fraction of sp³-hybridized carbons (Fsp3) is 0.423. The number of hydrogen-bond acceptors (Lipinski definition) is 12. The lowest BCUT2D eigenvalue weighted by molar-refractivity contribution is -0.115. The summed E-state index contributed by atoms with van der Waals surface area (Å²) in [6.07, 6.45) is 8.68. The van der Waals surface area contributed by atoms with Gasteiger partial charge in [-0.1, -0.05) is 41.2 Å². The summed E-state index contributed by atoms with van der Waals surface area (Å²) < 4.78 is 0. The molecule has 13 heteroatoms. The summed E-state index contributed by atoms with van der Waals surface area (Å²) in [5.74, 6) is 0.469. The molecule has 0 bridgehead atoms. The Labute approximate surface area is 234 Å². The van der Waals surface area contributed by atoms with Gasteiger partial charge < -0.3 is 22.1 Å². The third-order valence-corrected chi connectivity index (χ3v) is 8.79. The molecule has 0 aliphatic heterocycles. The van der Waals surface area contributed by atoms with Gasteiger partial charge in [-0.15, -0.1) is 20.4 Å². The van der Waals surface area contributed by atoms with Crippen LogP contribution in [0.1, 0.15) is 70.0 Å². The number of amides is 1. The maximum Gasteiger partial charge on any atom is 0.232 e. The SMILES string of the molecule is NCc1ccc(CCNc2nnc([C@H]3CCC[C@H](c4nnc(NC(=O)Cc5ccc(CN)cn5)s4)C3)s2)nc1. The van der Waals surface area contributed by atoms with E-state index in [1.165, 1.54) is 11.3 Å². The first kappa shape index (κ1) is 27.2. The topological polar surface area (TPSA) is 171 Å². The van der Waals surface area contributed by atoms with Crippen molar-refractivity contribution in [3.63, 3.8) is 0 Å². The minimum absolute atomic E-state index is 0.163. The Bertz CT molecular complexity index is 1360. The molecule has 1 fully saturated rings. The highest BCUT2D eigenvalue weighted by molar-refractivity contribution is 7.15. The quantitative estimate of drug-likeness (QED) is 0.212. The van der Waals surface area contributed by atoms with Crippen LogP contribution in [0.4, 0.5) is 10.3 Å². The number of hydrogen-bond donors (Lipinski definition) is 4. The Balaban J connectivity index is 1.11. The van der Waals surface area contributed by atoms with Crippen LogP contribution in [0.5, 0.6) is 0 Å². The second-order valence-electron chi connectivity index (χ2n) is 9.58. The van der Waals surface area contributed by atoms with Gasteiger partial charge in [0.15, 0.2) is 0 Å². The number of anilines is 2. The first-order chi connectivity index (χ1) is 19.1. The van der Waals surface area contributed by atoms with E-state index in [1.54, 1.807) is 17.5 Å². The Morgan fingerprint density at radius 1 is 0.846 bits per heavy atom. The Kier molecular flexibility index (Phi) is 9.14. The zero-order chi connectivity index (χ0) is 27.0. The molecule has 0 unspecified atom stereocenters. The molecule has 0 spiro atoms. The normalized spacial score (nSPS) is 17.2. The minimum atomic E-state index is -0.163. The Morgan fingerprint density at radius 3 is 2.08 bits per heavy atom. The second-order valence-corrected chi connectivity index (χ2v) is 11.6. The van der Waals surface area contributed by atoms with Crippen molar-refractivity contribution >= 4 is 38.8 Å². The zero-order valence-corrected chi connectivity index (χ0v) is 23.2. The van der Waals surface area contributed by atoms with E-state index in [9.17, 15) is 4.79 Å². The number of pyridine rings is 2. The van der Waals surface area contributed by atoms with Crippen molar-refractivity contribution in [3.05, 3.63) is 69.2 Å². The number of nitrogens with zero attached hydrogens (tertiary/aromatic N) is 6. The first-order valence-electron chi connectivity index (χ1n) is 13.1. The molecule has 1 aliphatic rings. The highest BCUT2D eigenvalue weighted by atomic mass is 32.1. The van der Waals surface area contributed by atoms with E-state index in [1.807, 2.05) is 30.5 Å². The average Bonchev–Trinajstić information content (AvgIpc) is 3.64. The zero-order valence-electron chi connectivity index (χ0n) is 21.5. The van der Waals surface area contributed by atoms with Gasteiger partial charge in [0.25, 0.3) is 0 Å². The lowest BCUT2D eigenvalue weighted by Gasteiger charge is -2.25. The van der Waals surface area contributed by atoms with Crippen LogP contribution in [0.15, 0.2) is 36.7 Å². The average molecular weight is 565 g/mol. The molecular formula is C26H32N10OS2. The van der Waals surface area contributed by atoms with Crippen molar-refractivity contribution in [2.75, 3.05) is 17.2 Å². The standard InChI is InChI=1S/C26H32N10OS2/c27-12-16-4-6-20(30-14-16)8-9-29-25-35-33-23(38-25)18-2-1-3-19(10-18)24-34-36-26(39-24)32-22(37)11-21-7-5-17(13-28)15-31-21/h4-7,14-15,18-19H,1-3,8-13,27-28H2,(H,29,35)(H,32,36,37)/t18-,19-/m0/s1. The molecule has 4 heterocycles. The molecule has 1 saturated carbocycles. The van der Waals surface area contributed by atoms with Gasteiger partial charge in [0.2, 0.25) is 16.2 Å². The van der Waals surface area contributed by atoms with Crippen LogP contribution in [0.25, 0.3) is 0 Å². The highest BCUT2D eigenvalue weighted by Gasteiger charge is 2.29. The molecular weight excluding hydrogens is 532 g/mol. The fourth-order valence-electron chi connectivity index (χ4n) is 4.59. The largest absolute Gasteiger partial charge is 0.360 e. The van der Waals surface area contributed by atoms with Crippen molar-refractivity contribution in [1.82, 2.24) is 30.4 Å². The van der Waals surface area contributed by atoms with E-state index in [-0.39, 0.29) is 12.3 Å². The maximum atomic E-state index is 12.5. The highest BCUT2D eigenvalue weighted by Crippen LogP contribution is 2.43. The van der Waals surface area contributed by atoms with Gasteiger partial charge in [-0.25, -0.2) is 0 Å². The molecule has 6 N–H and O–H groups in total. The number of nitrogens with two attached hydrogens (primary N) is 2.